The molecule has 2 aromatic heterocycles. The highest BCUT2D eigenvalue weighted by Gasteiger charge is 2.20. The second-order valence-corrected chi connectivity index (χ2v) is 10.9. The molecule has 0 fully saturated rings. The van der Waals surface area contributed by atoms with Crippen molar-refractivity contribution in [2.45, 2.75) is 14.8 Å². The number of hydrogen-bond donors (Lipinski definition) is 3. The third-order valence-corrected chi connectivity index (χ3v) is 8.31. The van der Waals surface area contributed by atoms with Crippen LogP contribution in [0, 0.1) is 0 Å². The van der Waals surface area contributed by atoms with E-state index in [2.05, 4.69) is 24.7 Å². The van der Waals surface area contributed by atoms with Gasteiger partial charge in [-0.15, -0.1) is 0 Å². The molecule has 8 nitrogen and oxygen atoms in total. The summed E-state index contributed by atoms with van der Waals surface area (Å²) in [6, 6.07) is 25.2. The van der Waals surface area contributed by atoms with Gasteiger partial charge in [0.1, 0.15) is 22.6 Å². The minimum Gasteiger partial charge on any atom is -0.506 e. The Morgan fingerprint density at radius 3 is 2.30 bits per heavy atom. The fourth-order valence-corrected chi connectivity index (χ4v) is 6.10. The molecule has 0 aliphatic carbocycles. The summed E-state index contributed by atoms with van der Waals surface area (Å²) in [5.74, 6) is 0.0297. The molecular weight excluding hydrogens is 506 g/mol. The van der Waals surface area contributed by atoms with Crippen molar-refractivity contribution in [3.63, 3.8) is 0 Å². The Bertz CT molecular complexity index is 1860. The van der Waals surface area contributed by atoms with Crippen molar-refractivity contribution < 1.29 is 13.5 Å². The summed E-state index contributed by atoms with van der Waals surface area (Å²) in [6.07, 6.45) is 2.92. The van der Waals surface area contributed by atoms with Crippen LogP contribution in [0.3, 0.4) is 0 Å². The third kappa shape index (κ3) is 4.37. The fraction of sp³-hybridized carbons (Fsp3) is 0. The minimum absolute atomic E-state index is 0.0297. The van der Waals surface area contributed by atoms with Crippen LogP contribution in [0.5, 0.6) is 5.75 Å². The number of phenolic OH excluding ortho intramolecular Hbond substituents is 1. The van der Waals surface area contributed by atoms with Crippen LogP contribution < -0.4 is 4.72 Å². The molecule has 3 N–H and O–H groups in total. The minimum atomic E-state index is -3.91. The molecule has 6 aromatic rings. The topological polar surface area (TPSA) is 121 Å². The number of nitrogens with zero attached hydrogens (tertiary/aromatic N) is 3. The summed E-state index contributed by atoms with van der Waals surface area (Å²) in [4.78, 5) is 16.1. The van der Waals surface area contributed by atoms with Crippen LogP contribution in [0.2, 0.25) is 0 Å². The maximum atomic E-state index is 13.4. The van der Waals surface area contributed by atoms with Gasteiger partial charge in [0, 0.05) is 10.8 Å². The lowest BCUT2D eigenvalue weighted by Gasteiger charge is -2.15. The van der Waals surface area contributed by atoms with Crippen LogP contribution >= 0.6 is 11.8 Å². The van der Waals surface area contributed by atoms with E-state index in [1.165, 1.54) is 24.4 Å². The SMILES string of the molecule is O=S(=O)(Nc1cc(Sc2ncnc3nc[nH]c23)c(O)c2ccccc12)c1ccc(-c2ccccc2)cc1. The average molecular weight is 526 g/mol. The second kappa shape index (κ2) is 9.23. The van der Waals surface area contributed by atoms with Crippen molar-refractivity contribution in [3.05, 3.63) is 97.6 Å². The lowest BCUT2D eigenvalue weighted by Crippen LogP contribution is -2.13. The van der Waals surface area contributed by atoms with Crippen molar-refractivity contribution in [2.24, 2.45) is 0 Å². The summed E-state index contributed by atoms with van der Waals surface area (Å²) < 4.78 is 29.5. The smallest absolute Gasteiger partial charge is 0.261 e. The number of hydrogen-bond acceptors (Lipinski definition) is 7. The Morgan fingerprint density at radius 2 is 1.51 bits per heavy atom. The number of benzene rings is 4. The van der Waals surface area contributed by atoms with Gasteiger partial charge in [-0.1, -0.05) is 78.5 Å². The number of aromatic amines is 1. The summed E-state index contributed by atoms with van der Waals surface area (Å²) in [5.41, 5.74) is 3.39. The van der Waals surface area contributed by atoms with Crippen molar-refractivity contribution in [3.8, 4) is 16.9 Å². The van der Waals surface area contributed by atoms with Gasteiger partial charge in [0.05, 0.1) is 21.8 Å². The van der Waals surface area contributed by atoms with Crippen LogP contribution in [0.4, 0.5) is 5.69 Å². The standard InChI is InChI=1S/C27H19N5O3S2/c33-25-21-9-5-4-8-20(21)22(14-23(25)36-27-24-26(29-15-28-24)30-16-31-27)32-37(34,35)19-12-10-18(11-13-19)17-6-2-1-3-7-17/h1-16,32-33H,(H,28,29,30,31). The molecule has 37 heavy (non-hydrogen) atoms. The van der Waals surface area contributed by atoms with Gasteiger partial charge in [-0.25, -0.2) is 23.4 Å². The Morgan fingerprint density at radius 1 is 0.811 bits per heavy atom. The van der Waals surface area contributed by atoms with Crippen LogP contribution in [-0.2, 0) is 10.0 Å². The largest absolute Gasteiger partial charge is 0.506 e. The first-order valence-corrected chi connectivity index (χ1v) is 13.5. The van der Waals surface area contributed by atoms with E-state index in [4.69, 9.17) is 0 Å². The summed E-state index contributed by atoms with van der Waals surface area (Å²) >= 11 is 1.19. The Labute approximate surface area is 216 Å². The zero-order valence-corrected chi connectivity index (χ0v) is 20.8. The molecule has 2 heterocycles. The molecule has 0 aliphatic rings. The predicted octanol–water partition coefficient (Wildman–Crippen LogP) is 5.83. The van der Waals surface area contributed by atoms with Gasteiger partial charge in [0.2, 0.25) is 0 Å². The van der Waals surface area contributed by atoms with Gasteiger partial charge in [0.25, 0.3) is 10.0 Å². The van der Waals surface area contributed by atoms with Crippen molar-refractivity contribution in [1.29, 1.82) is 0 Å². The van der Waals surface area contributed by atoms with E-state index in [-0.39, 0.29) is 10.6 Å². The number of aromatic hydroxyl groups is 1. The zero-order chi connectivity index (χ0) is 25.4. The second-order valence-electron chi connectivity index (χ2n) is 8.19. The molecule has 0 aliphatic heterocycles. The van der Waals surface area contributed by atoms with Gasteiger partial charge in [-0.2, -0.15) is 0 Å². The molecule has 4 aromatic carbocycles. The zero-order valence-electron chi connectivity index (χ0n) is 19.2. The van der Waals surface area contributed by atoms with Gasteiger partial charge < -0.3 is 10.1 Å². The highest BCUT2D eigenvalue weighted by atomic mass is 32.2. The number of imidazole rings is 1. The van der Waals surface area contributed by atoms with Crippen molar-refractivity contribution in [1.82, 2.24) is 19.9 Å². The number of nitrogens with one attached hydrogen (secondary N) is 2. The molecule has 0 atom stereocenters. The average Bonchev–Trinajstić information content (AvgIpc) is 3.42. The molecule has 0 saturated heterocycles. The molecule has 0 amide bonds. The first-order valence-electron chi connectivity index (χ1n) is 11.2. The molecule has 0 saturated carbocycles. The quantitative estimate of drug-likeness (QED) is 0.185. The van der Waals surface area contributed by atoms with E-state index in [0.29, 0.717) is 37.5 Å². The van der Waals surface area contributed by atoms with Gasteiger partial charge >= 0.3 is 0 Å². The highest BCUT2D eigenvalue weighted by molar-refractivity contribution is 7.99. The Kier molecular flexibility index (Phi) is 5.74. The van der Waals surface area contributed by atoms with Crippen LogP contribution in [0.1, 0.15) is 0 Å². The number of sulfonamides is 1. The third-order valence-electron chi connectivity index (χ3n) is 5.89. The van der Waals surface area contributed by atoms with Crippen LogP contribution in [0.15, 0.2) is 112 Å². The molecular formula is C27H19N5O3S2. The maximum absolute atomic E-state index is 13.4. The molecule has 0 radical (unpaired) electrons. The van der Waals surface area contributed by atoms with Gasteiger partial charge in [-0.05, 0) is 29.3 Å². The Balaban J connectivity index is 1.39. The van der Waals surface area contributed by atoms with E-state index in [9.17, 15) is 13.5 Å². The molecule has 0 unspecified atom stereocenters. The fourth-order valence-electron chi connectivity index (χ4n) is 4.08. The molecule has 182 valence electrons. The highest BCUT2D eigenvalue weighted by Crippen LogP contribution is 2.43. The molecule has 10 heteroatoms. The van der Waals surface area contributed by atoms with E-state index in [0.717, 1.165) is 11.1 Å². The normalized spacial score (nSPS) is 11.7. The van der Waals surface area contributed by atoms with Crippen molar-refractivity contribution in [2.75, 3.05) is 4.72 Å². The monoisotopic (exact) mass is 525 g/mol. The Hall–Kier alpha value is -4.41. The summed E-state index contributed by atoms with van der Waals surface area (Å²) in [6.45, 7) is 0. The van der Waals surface area contributed by atoms with E-state index in [1.54, 1.807) is 54.6 Å². The number of fused-ring (bicyclic) bond motifs is 2. The number of H-pyrrole nitrogens is 1. The van der Waals surface area contributed by atoms with Crippen molar-refractivity contribution >= 4 is 49.4 Å². The molecule has 0 bridgehead atoms. The number of anilines is 1. The first kappa shape index (κ1) is 23.0. The number of aromatic nitrogens is 4. The molecule has 0 spiro atoms. The van der Waals surface area contributed by atoms with Gasteiger partial charge in [0.15, 0.2) is 5.65 Å². The van der Waals surface area contributed by atoms with Crippen LogP contribution in [0.25, 0.3) is 33.1 Å². The number of rotatable bonds is 6. The lowest BCUT2D eigenvalue weighted by molar-refractivity contribution is 0.469. The maximum Gasteiger partial charge on any atom is 0.261 e. The summed E-state index contributed by atoms with van der Waals surface area (Å²) in [7, 11) is -3.91. The van der Waals surface area contributed by atoms with Crippen LogP contribution in [-0.4, -0.2) is 33.5 Å². The van der Waals surface area contributed by atoms with E-state index in [1.807, 2.05) is 30.3 Å². The number of phenols is 1. The predicted molar refractivity (Wildman–Crippen MR) is 144 cm³/mol. The summed E-state index contributed by atoms with van der Waals surface area (Å²) in [5, 5.41) is 12.7. The van der Waals surface area contributed by atoms with Gasteiger partial charge in [-0.3, -0.25) is 4.72 Å². The van der Waals surface area contributed by atoms with E-state index >= 15 is 0 Å². The molecule has 6 rings (SSSR count). The first-order chi connectivity index (χ1) is 18.0. The lowest BCUT2D eigenvalue weighted by atomic mass is 10.1. The van der Waals surface area contributed by atoms with E-state index < -0.39 is 10.0 Å².